The van der Waals surface area contributed by atoms with E-state index in [0.29, 0.717) is 35.0 Å². The second-order valence-corrected chi connectivity index (χ2v) is 7.03. The highest BCUT2D eigenvalue weighted by Crippen LogP contribution is 2.38. The van der Waals surface area contributed by atoms with Crippen molar-refractivity contribution in [3.05, 3.63) is 27.9 Å². The first-order valence-electron chi connectivity index (χ1n) is 8.29. The quantitative estimate of drug-likeness (QED) is 0.789. The highest BCUT2D eigenvalue weighted by molar-refractivity contribution is 6.01. The average molecular weight is 331 g/mol. The van der Waals surface area contributed by atoms with Gasteiger partial charge in [0.05, 0.1) is 22.6 Å². The number of fused-ring (bicyclic) bond motifs is 2. The lowest BCUT2D eigenvalue weighted by Gasteiger charge is -2.43. The van der Waals surface area contributed by atoms with Crippen LogP contribution in [0, 0.1) is 12.7 Å². The van der Waals surface area contributed by atoms with E-state index in [2.05, 4.69) is 34.1 Å². The van der Waals surface area contributed by atoms with Crippen LogP contribution in [0.1, 0.15) is 12.5 Å². The zero-order chi connectivity index (χ0) is 17.2. The highest BCUT2D eigenvalue weighted by Gasteiger charge is 2.35. The lowest BCUT2D eigenvalue weighted by Crippen LogP contribution is -2.58. The Hall–Kier alpha value is -2.15. The minimum absolute atomic E-state index is 0.154. The van der Waals surface area contributed by atoms with Crippen molar-refractivity contribution in [2.24, 2.45) is 7.05 Å². The largest absolute Gasteiger partial charge is 0.380 e. The number of rotatable bonds is 0. The van der Waals surface area contributed by atoms with Crippen molar-refractivity contribution in [1.29, 1.82) is 0 Å². The minimum Gasteiger partial charge on any atom is -0.380 e. The van der Waals surface area contributed by atoms with Crippen LogP contribution in [0.25, 0.3) is 10.9 Å². The number of hydrogen-bond acceptors (Lipinski definition) is 5. The van der Waals surface area contributed by atoms with E-state index in [1.54, 1.807) is 20.0 Å². The van der Waals surface area contributed by atoms with E-state index in [9.17, 15) is 9.18 Å². The lowest BCUT2D eigenvalue weighted by atomic mass is 10.1. The first-order valence-corrected chi connectivity index (χ1v) is 8.29. The van der Waals surface area contributed by atoms with Crippen molar-refractivity contribution in [3.63, 3.8) is 0 Å². The molecule has 2 aliphatic rings. The van der Waals surface area contributed by atoms with Crippen molar-refractivity contribution in [2.75, 3.05) is 36.9 Å². The summed E-state index contributed by atoms with van der Waals surface area (Å²) in [5.74, 6) is 0.349. The van der Waals surface area contributed by atoms with Crippen LogP contribution < -0.4 is 15.9 Å². The maximum Gasteiger partial charge on any atom is 0.349 e. The molecule has 1 N–H and O–H groups in total. The van der Waals surface area contributed by atoms with Gasteiger partial charge in [0.2, 0.25) is 0 Å². The molecule has 1 aromatic heterocycles. The van der Waals surface area contributed by atoms with Gasteiger partial charge in [-0.25, -0.2) is 9.18 Å². The van der Waals surface area contributed by atoms with Gasteiger partial charge in [-0.3, -0.25) is 9.47 Å². The van der Waals surface area contributed by atoms with Gasteiger partial charge in [0.15, 0.2) is 0 Å². The van der Waals surface area contributed by atoms with Crippen LogP contribution in [-0.4, -0.2) is 53.2 Å². The number of halogens is 1. The van der Waals surface area contributed by atoms with Crippen molar-refractivity contribution >= 4 is 22.4 Å². The Kier molecular flexibility index (Phi) is 3.32. The van der Waals surface area contributed by atoms with E-state index in [0.717, 1.165) is 18.6 Å². The standard InChI is InChI=1S/C17H22FN5O/c1-9-5-12-13-15(14(9)18)19-6-11-8-21(3)10(2)7-23(11)16(13)20-17(24)22(12)4/h5,10-11,19H,6-8H2,1-4H3. The van der Waals surface area contributed by atoms with E-state index in [-0.39, 0.29) is 17.5 Å². The highest BCUT2D eigenvalue weighted by atomic mass is 19.1. The van der Waals surface area contributed by atoms with E-state index < -0.39 is 0 Å². The van der Waals surface area contributed by atoms with Gasteiger partial charge in [0.25, 0.3) is 0 Å². The summed E-state index contributed by atoms with van der Waals surface area (Å²) in [5, 5.41) is 3.99. The second kappa shape index (κ2) is 5.17. The molecule has 0 spiro atoms. The molecule has 1 aromatic carbocycles. The van der Waals surface area contributed by atoms with Crippen molar-refractivity contribution in [1.82, 2.24) is 14.5 Å². The number of piperazine rings is 1. The Morgan fingerprint density at radius 2 is 2.08 bits per heavy atom. The van der Waals surface area contributed by atoms with Crippen LogP contribution in [0.3, 0.4) is 0 Å². The zero-order valence-corrected chi connectivity index (χ0v) is 14.4. The van der Waals surface area contributed by atoms with Gasteiger partial charge in [-0.1, -0.05) is 0 Å². The number of benzene rings is 1. The molecule has 4 rings (SSSR count). The maximum absolute atomic E-state index is 14.8. The molecule has 1 saturated heterocycles. The molecule has 3 heterocycles. The summed E-state index contributed by atoms with van der Waals surface area (Å²) in [4.78, 5) is 21.2. The molecule has 0 bridgehead atoms. The summed E-state index contributed by atoms with van der Waals surface area (Å²) in [6.45, 7) is 6.13. The van der Waals surface area contributed by atoms with Crippen LogP contribution in [0.5, 0.6) is 0 Å². The van der Waals surface area contributed by atoms with Crippen molar-refractivity contribution in [3.8, 4) is 0 Å². The van der Waals surface area contributed by atoms with E-state index in [1.807, 2.05) is 0 Å². The normalized spacial score (nSPS) is 23.8. The van der Waals surface area contributed by atoms with Crippen molar-refractivity contribution < 1.29 is 4.39 Å². The smallest absolute Gasteiger partial charge is 0.349 e. The van der Waals surface area contributed by atoms with Gasteiger partial charge < -0.3 is 10.2 Å². The van der Waals surface area contributed by atoms with E-state index in [4.69, 9.17) is 0 Å². The molecule has 0 saturated carbocycles. The van der Waals surface area contributed by atoms with Gasteiger partial charge in [0, 0.05) is 32.7 Å². The third-order valence-corrected chi connectivity index (χ3v) is 5.44. The molecule has 6 nitrogen and oxygen atoms in total. The fourth-order valence-electron chi connectivity index (χ4n) is 3.80. The summed E-state index contributed by atoms with van der Waals surface area (Å²) in [5.41, 5.74) is 1.41. The molecule has 2 atom stereocenters. The number of nitrogens with one attached hydrogen (secondary N) is 1. The van der Waals surface area contributed by atoms with Crippen LogP contribution in [-0.2, 0) is 7.05 Å². The van der Waals surface area contributed by atoms with Gasteiger partial charge in [-0.05, 0) is 32.5 Å². The Labute approximate surface area is 139 Å². The van der Waals surface area contributed by atoms with Crippen LogP contribution in [0.2, 0.25) is 0 Å². The average Bonchev–Trinajstić information content (AvgIpc) is 2.68. The predicted molar refractivity (Wildman–Crippen MR) is 93.4 cm³/mol. The first kappa shape index (κ1) is 15.4. The van der Waals surface area contributed by atoms with Gasteiger partial charge in [0.1, 0.15) is 11.6 Å². The Morgan fingerprint density at radius 3 is 2.83 bits per heavy atom. The number of hydrogen-bond donors (Lipinski definition) is 1. The molecule has 2 aromatic rings. The first-order chi connectivity index (χ1) is 11.4. The topological polar surface area (TPSA) is 53.4 Å². The lowest BCUT2D eigenvalue weighted by molar-refractivity contribution is 0.203. The van der Waals surface area contributed by atoms with Gasteiger partial charge in [-0.15, -0.1) is 0 Å². The molecule has 1 fully saturated rings. The summed E-state index contributed by atoms with van der Waals surface area (Å²) >= 11 is 0. The number of likely N-dealkylation sites (N-methyl/N-ethyl adjacent to an activating group) is 1. The van der Waals surface area contributed by atoms with Crippen molar-refractivity contribution in [2.45, 2.75) is 25.9 Å². The van der Waals surface area contributed by atoms with E-state index >= 15 is 0 Å². The Balaban J connectivity index is 2.05. The van der Waals surface area contributed by atoms with Gasteiger partial charge in [-0.2, -0.15) is 4.98 Å². The molecular formula is C17H22FN5O. The molecule has 128 valence electrons. The Morgan fingerprint density at radius 1 is 1.33 bits per heavy atom. The molecule has 0 aliphatic carbocycles. The molecule has 2 unspecified atom stereocenters. The third kappa shape index (κ3) is 2.04. The van der Waals surface area contributed by atoms with Crippen LogP contribution in [0.4, 0.5) is 15.9 Å². The van der Waals surface area contributed by atoms with Gasteiger partial charge >= 0.3 is 5.69 Å². The third-order valence-electron chi connectivity index (χ3n) is 5.44. The number of aryl methyl sites for hydroxylation is 2. The fraction of sp³-hybridized carbons (Fsp3) is 0.529. The Bertz CT molecular complexity index is 893. The molecule has 0 amide bonds. The minimum atomic E-state index is -0.304. The van der Waals surface area contributed by atoms with Crippen LogP contribution in [0.15, 0.2) is 10.9 Å². The fourth-order valence-corrected chi connectivity index (χ4v) is 3.80. The monoisotopic (exact) mass is 331 g/mol. The summed E-state index contributed by atoms with van der Waals surface area (Å²) < 4.78 is 16.3. The maximum atomic E-state index is 14.8. The summed E-state index contributed by atoms with van der Waals surface area (Å²) in [6.07, 6.45) is 0. The zero-order valence-electron chi connectivity index (χ0n) is 14.4. The second-order valence-electron chi connectivity index (χ2n) is 7.03. The number of aromatic nitrogens is 2. The molecule has 2 aliphatic heterocycles. The van der Waals surface area contributed by atoms with Crippen LogP contribution >= 0.6 is 0 Å². The number of nitrogens with zero attached hydrogens (tertiary/aromatic N) is 4. The molecule has 24 heavy (non-hydrogen) atoms. The molecular weight excluding hydrogens is 309 g/mol. The summed E-state index contributed by atoms with van der Waals surface area (Å²) in [7, 11) is 3.78. The SMILES string of the molecule is Cc1cc2c3c(nc(=O)n2C)N2CC(C)N(C)CC2CNc3c1F. The van der Waals surface area contributed by atoms with E-state index in [1.165, 1.54) is 4.57 Å². The molecule has 7 heteroatoms. The predicted octanol–water partition coefficient (Wildman–Crippen LogP) is 1.32. The summed E-state index contributed by atoms with van der Waals surface area (Å²) in [6, 6.07) is 2.24. The molecule has 0 radical (unpaired) electrons. The number of anilines is 2.